The maximum atomic E-state index is 12.6. The van der Waals surface area contributed by atoms with Crippen LogP contribution in [0.1, 0.15) is 22.3 Å². The number of aromatic amines is 1. The molecule has 5 heteroatoms. The molecule has 2 aromatic heterocycles. The summed E-state index contributed by atoms with van der Waals surface area (Å²) in [7, 11) is 0. The van der Waals surface area contributed by atoms with Gasteiger partial charge in [0.2, 0.25) is 0 Å². The number of nitrogens with one attached hydrogen (secondary N) is 1. The van der Waals surface area contributed by atoms with Gasteiger partial charge in [0.15, 0.2) is 0 Å². The molecule has 1 N–H and O–H groups in total. The maximum absolute atomic E-state index is 12.6. The van der Waals surface area contributed by atoms with Crippen LogP contribution in [0.2, 0.25) is 0 Å². The van der Waals surface area contributed by atoms with E-state index in [0.717, 1.165) is 34.0 Å². The topological polar surface area (TPSA) is 49.0 Å². The van der Waals surface area contributed by atoms with E-state index in [0.29, 0.717) is 6.54 Å². The lowest BCUT2D eigenvalue weighted by molar-refractivity contribution is 0.0773. The van der Waals surface area contributed by atoms with Gasteiger partial charge in [-0.2, -0.15) is 0 Å². The normalized spacial score (nSPS) is 14.7. The van der Waals surface area contributed by atoms with E-state index in [1.165, 1.54) is 11.1 Å². The Balaban J connectivity index is 1.55. The molecule has 0 saturated carbocycles. The number of benzene rings is 1. The molecule has 0 atom stereocenters. The molecule has 1 aliphatic heterocycles. The maximum Gasteiger partial charge on any atom is 0.254 e. The van der Waals surface area contributed by atoms with Crippen molar-refractivity contribution < 1.29 is 4.79 Å². The number of halogens is 1. The third-order valence-corrected chi connectivity index (χ3v) is 4.91. The molecular formula is C19H16BrN3O. The van der Waals surface area contributed by atoms with Crippen molar-refractivity contribution in [2.24, 2.45) is 0 Å². The minimum atomic E-state index is 0.0818. The van der Waals surface area contributed by atoms with Crippen LogP contribution < -0.4 is 0 Å². The first-order chi connectivity index (χ1) is 11.7. The van der Waals surface area contributed by atoms with E-state index in [4.69, 9.17) is 0 Å². The van der Waals surface area contributed by atoms with Crippen LogP contribution in [0, 0.1) is 0 Å². The average molecular weight is 382 g/mol. The first-order valence-corrected chi connectivity index (χ1v) is 8.68. The van der Waals surface area contributed by atoms with Crippen molar-refractivity contribution in [2.45, 2.75) is 6.42 Å². The molecule has 24 heavy (non-hydrogen) atoms. The van der Waals surface area contributed by atoms with Gasteiger partial charge in [-0.3, -0.25) is 4.79 Å². The average Bonchev–Trinajstić information content (AvgIpc) is 3.06. The molecule has 1 aromatic carbocycles. The molecule has 4 nitrogen and oxygen atoms in total. The third-order valence-electron chi connectivity index (χ3n) is 4.38. The predicted octanol–water partition coefficient (Wildman–Crippen LogP) is 4.25. The second kappa shape index (κ2) is 6.24. The molecule has 4 rings (SSSR count). The smallest absolute Gasteiger partial charge is 0.254 e. The number of amides is 1. The summed E-state index contributed by atoms with van der Waals surface area (Å²) >= 11 is 3.40. The van der Waals surface area contributed by atoms with Gasteiger partial charge in [0, 0.05) is 46.5 Å². The van der Waals surface area contributed by atoms with E-state index in [-0.39, 0.29) is 5.91 Å². The van der Waals surface area contributed by atoms with Gasteiger partial charge in [-0.1, -0.05) is 22.0 Å². The van der Waals surface area contributed by atoms with Crippen LogP contribution in [0.15, 0.2) is 59.3 Å². The molecule has 0 saturated heterocycles. The van der Waals surface area contributed by atoms with E-state index in [9.17, 15) is 4.79 Å². The summed E-state index contributed by atoms with van der Waals surface area (Å²) in [6.07, 6.45) is 6.80. The third kappa shape index (κ3) is 2.76. The Labute approximate surface area is 148 Å². The zero-order valence-electron chi connectivity index (χ0n) is 13.0. The second-order valence-electron chi connectivity index (χ2n) is 5.84. The Hall–Kier alpha value is -2.40. The molecule has 0 radical (unpaired) electrons. The number of aromatic nitrogens is 2. The van der Waals surface area contributed by atoms with Crippen LogP contribution in [-0.2, 0) is 0 Å². The quantitative estimate of drug-likeness (QED) is 0.720. The lowest BCUT2D eigenvalue weighted by Crippen LogP contribution is -2.34. The van der Waals surface area contributed by atoms with Gasteiger partial charge in [-0.15, -0.1) is 0 Å². The Morgan fingerprint density at radius 3 is 2.79 bits per heavy atom. The SMILES string of the molecule is O=C(c1ccc(Br)cc1)N1CC=C(c2c[nH]c3ncccc23)CC1. The highest BCUT2D eigenvalue weighted by Crippen LogP contribution is 2.28. The van der Waals surface area contributed by atoms with Gasteiger partial charge in [0.1, 0.15) is 5.65 Å². The highest BCUT2D eigenvalue weighted by Gasteiger charge is 2.20. The summed E-state index contributed by atoms with van der Waals surface area (Å²) in [5.41, 5.74) is 4.09. The van der Waals surface area contributed by atoms with Crippen molar-refractivity contribution in [1.82, 2.24) is 14.9 Å². The number of hydrogen-bond acceptors (Lipinski definition) is 2. The summed E-state index contributed by atoms with van der Waals surface area (Å²) in [4.78, 5) is 22.0. The van der Waals surface area contributed by atoms with Gasteiger partial charge in [0.05, 0.1) is 0 Å². The van der Waals surface area contributed by atoms with Crippen molar-refractivity contribution in [1.29, 1.82) is 0 Å². The van der Waals surface area contributed by atoms with Crippen LogP contribution >= 0.6 is 15.9 Å². The van der Waals surface area contributed by atoms with Gasteiger partial charge in [-0.25, -0.2) is 4.98 Å². The number of carbonyl (C=O) groups excluding carboxylic acids is 1. The summed E-state index contributed by atoms with van der Waals surface area (Å²) in [6, 6.07) is 11.5. The number of hydrogen-bond donors (Lipinski definition) is 1. The Kier molecular flexibility index (Phi) is 3.94. The molecule has 1 amide bonds. The van der Waals surface area contributed by atoms with Crippen molar-refractivity contribution in [3.63, 3.8) is 0 Å². The standard InChI is InChI=1S/C19H16BrN3O/c20-15-5-3-14(4-6-15)19(24)23-10-7-13(8-11-23)17-12-22-18-16(17)2-1-9-21-18/h1-7,9,12H,8,10-11H2,(H,21,22). The molecule has 120 valence electrons. The summed E-state index contributed by atoms with van der Waals surface area (Å²) < 4.78 is 0.979. The molecule has 3 heterocycles. The Morgan fingerprint density at radius 2 is 2.04 bits per heavy atom. The molecule has 0 bridgehead atoms. The lowest BCUT2D eigenvalue weighted by atomic mass is 9.99. The zero-order chi connectivity index (χ0) is 16.5. The number of pyridine rings is 1. The fourth-order valence-electron chi connectivity index (χ4n) is 3.09. The van der Waals surface area contributed by atoms with Gasteiger partial charge in [-0.05, 0) is 48.4 Å². The summed E-state index contributed by atoms with van der Waals surface area (Å²) in [5.74, 6) is 0.0818. The van der Waals surface area contributed by atoms with E-state index < -0.39 is 0 Å². The minimum absolute atomic E-state index is 0.0818. The number of rotatable bonds is 2. The zero-order valence-corrected chi connectivity index (χ0v) is 14.6. The fraction of sp³-hybridized carbons (Fsp3) is 0.158. The summed E-state index contributed by atoms with van der Waals surface area (Å²) in [6.45, 7) is 1.37. The Morgan fingerprint density at radius 1 is 1.21 bits per heavy atom. The molecule has 0 aliphatic carbocycles. The largest absolute Gasteiger partial charge is 0.346 e. The minimum Gasteiger partial charge on any atom is -0.346 e. The number of fused-ring (bicyclic) bond motifs is 1. The summed E-state index contributed by atoms with van der Waals surface area (Å²) in [5, 5.41) is 1.14. The highest BCUT2D eigenvalue weighted by molar-refractivity contribution is 9.10. The van der Waals surface area contributed by atoms with Gasteiger partial charge >= 0.3 is 0 Å². The number of nitrogens with zero attached hydrogens (tertiary/aromatic N) is 2. The first-order valence-electron chi connectivity index (χ1n) is 7.89. The Bertz CT molecular complexity index is 927. The molecular weight excluding hydrogens is 366 g/mol. The van der Waals surface area contributed by atoms with Crippen molar-refractivity contribution >= 4 is 38.4 Å². The molecule has 0 fully saturated rings. The van der Waals surface area contributed by atoms with E-state index in [1.54, 1.807) is 6.20 Å². The van der Waals surface area contributed by atoms with E-state index in [1.807, 2.05) is 41.4 Å². The molecule has 3 aromatic rings. The van der Waals surface area contributed by atoms with Gasteiger partial charge in [0.25, 0.3) is 5.91 Å². The predicted molar refractivity (Wildman–Crippen MR) is 98.7 cm³/mol. The van der Waals surface area contributed by atoms with Crippen LogP contribution in [0.3, 0.4) is 0 Å². The second-order valence-corrected chi connectivity index (χ2v) is 6.76. The van der Waals surface area contributed by atoms with Crippen molar-refractivity contribution in [2.75, 3.05) is 13.1 Å². The molecule has 1 aliphatic rings. The highest BCUT2D eigenvalue weighted by atomic mass is 79.9. The van der Waals surface area contributed by atoms with Crippen LogP contribution in [0.25, 0.3) is 16.6 Å². The lowest BCUT2D eigenvalue weighted by Gasteiger charge is -2.26. The van der Waals surface area contributed by atoms with Crippen molar-refractivity contribution in [3.8, 4) is 0 Å². The van der Waals surface area contributed by atoms with Gasteiger partial charge < -0.3 is 9.88 Å². The monoisotopic (exact) mass is 381 g/mol. The fourth-order valence-corrected chi connectivity index (χ4v) is 3.36. The van der Waals surface area contributed by atoms with Crippen LogP contribution in [0.4, 0.5) is 0 Å². The van der Waals surface area contributed by atoms with Crippen LogP contribution in [0.5, 0.6) is 0 Å². The van der Waals surface area contributed by atoms with E-state index in [2.05, 4.69) is 38.0 Å². The number of H-pyrrole nitrogens is 1. The van der Waals surface area contributed by atoms with Crippen LogP contribution in [-0.4, -0.2) is 33.9 Å². The number of carbonyl (C=O) groups is 1. The molecule has 0 unspecified atom stereocenters. The van der Waals surface area contributed by atoms with E-state index >= 15 is 0 Å². The first kappa shape index (κ1) is 15.1. The van der Waals surface area contributed by atoms with Crippen molar-refractivity contribution in [3.05, 3.63) is 70.5 Å². The molecule has 0 spiro atoms.